The number of nitrogens with one attached hydrogen (secondary N) is 1. The molecule has 16 nitrogen and oxygen atoms in total. The van der Waals surface area contributed by atoms with Gasteiger partial charge in [-0.3, -0.25) is 5.41 Å². The van der Waals surface area contributed by atoms with Crippen molar-refractivity contribution in [3.05, 3.63) is 215 Å². The van der Waals surface area contributed by atoms with Crippen LogP contribution in [0.3, 0.4) is 0 Å². The van der Waals surface area contributed by atoms with Crippen molar-refractivity contribution in [2.75, 3.05) is 33.0 Å². The Hall–Kier alpha value is -5.77. The second-order valence-corrected chi connectivity index (χ2v) is 23.1. The smallest absolute Gasteiger partial charge is 0.229 e. The molecule has 16 heteroatoms. The Morgan fingerprint density at radius 1 is 0.494 bits per heavy atom. The molecule has 85 heavy (non-hydrogen) atoms. The molecule has 6 aromatic carbocycles. The molecule has 6 aromatic rings. The van der Waals surface area contributed by atoms with Gasteiger partial charge in [-0.2, -0.15) is 0 Å². The second-order valence-electron chi connectivity index (χ2n) is 23.1. The van der Waals surface area contributed by atoms with Crippen molar-refractivity contribution in [1.82, 2.24) is 0 Å². The molecule has 0 bridgehead atoms. The molecule has 6 unspecified atom stereocenters. The fourth-order valence-electron chi connectivity index (χ4n) is 12.0. The summed E-state index contributed by atoms with van der Waals surface area (Å²) in [6.07, 6.45) is -9.21. The Morgan fingerprint density at radius 2 is 0.988 bits per heavy atom. The van der Waals surface area contributed by atoms with Gasteiger partial charge < -0.3 is 71.1 Å². The standard InChI is InChI=1S/C69H81NO15/c1-46-36-77-67(63(76-41-55-32-20-10-21-33-55)58(46)83-69-45-73-44-68(69,43-72-38-52-26-14-7-15-27-52)84-66(85-69)56-34-22-11-23-35-56)82-61-49(4)78-64(79-50(5)70)48(3)60(61)81-65-47(2)59(74-39-53-28-16-8-17-29-53)62(75-40-54-30-18-9-19-31-54)57(80-65)42-71-37-51-24-12-6-13-25-51/h6-35,46-49,57-67,70H,36-45H2,1-5H3/t46-,47-,48+,49?,57?,58?,59?,60?,61+,62-,63-,64+,65+,66-,67+,68?,69-/m1/s1. The zero-order valence-corrected chi connectivity index (χ0v) is 49.2. The molecule has 0 aromatic heterocycles. The number of fused-ring (bicyclic) bond motifs is 1. The highest BCUT2D eigenvalue weighted by Crippen LogP contribution is 2.52. The first-order valence-electron chi connectivity index (χ1n) is 29.8. The summed E-state index contributed by atoms with van der Waals surface area (Å²) >= 11 is 0. The van der Waals surface area contributed by atoms with E-state index in [0.717, 1.165) is 33.4 Å². The van der Waals surface area contributed by atoms with Gasteiger partial charge in [0, 0.05) is 30.2 Å². The van der Waals surface area contributed by atoms with E-state index in [-0.39, 0.29) is 51.5 Å². The molecule has 1 N–H and O–H groups in total. The van der Waals surface area contributed by atoms with Gasteiger partial charge in [-0.15, -0.1) is 0 Å². The molecule has 5 heterocycles. The molecule has 11 rings (SSSR count). The first kappa shape index (κ1) is 60.9. The van der Waals surface area contributed by atoms with Crippen molar-refractivity contribution >= 4 is 5.90 Å². The molecule has 0 aliphatic carbocycles. The van der Waals surface area contributed by atoms with E-state index in [1.165, 1.54) is 0 Å². The van der Waals surface area contributed by atoms with Crippen LogP contribution in [0.4, 0.5) is 0 Å². The third-order valence-electron chi connectivity index (χ3n) is 16.6. The summed E-state index contributed by atoms with van der Waals surface area (Å²) in [4.78, 5) is 0. The lowest BCUT2D eigenvalue weighted by Gasteiger charge is -2.51. The van der Waals surface area contributed by atoms with E-state index in [1.807, 2.05) is 196 Å². The van der Waals surface area contributed by atoms with Gasteiger partial charge in [0.2, 0.25) is 12.1 Å². The van der Waals surface area contributed by atoms with Crippen LogP contribution in [0.2, 0.25) is 0 Å². The predicted octanol–water partition coefficient (Wildman–Crippen LogP) is 11.3. The fourth-order valence-corrected chi connectivity index (χ4v) is 12.0. The van der Waals surface area contributed by atoms with Crippen LogP contribution in [0.25, 0.3) is 0 Å². The van der Waals surface area contributed by atoms with Gasteiger partial charge in [0.1, 0.15) is 31.0 Å². The van der Waals surface area contributed by atoms with Crippen molar-refractivity contribution in [3.63, 3.8) is 0 Å². The Morgan fingerprint density at radius 3 is 1.55 bits per heavy atom. The number of hydrogen-bond donors (Lipinski definition) is 1. The summed E-state index contributed by atoms with van der Waals surface area (Å²) in [6, 6.07) is 60.0. The minimum Gasteiger partial charge on any atom is -0.452 e. The Kier molecular flexibility index (Phi) is 20.7. The van der Waals surface area contributed by atoms with Crippen LogP contribution in [0.5, 0.6) is 0 Å². The monoisotopic (exact) mass is 1160 g/mol. The van der Waals surface area contributed by atoms with E-state index in [4.69, 9.17) is 76.5 Å². The molecule has 0 amide bonds. The molecule has 17 atom stereocenters. The normalized spacial score (nSPS) is 32.8. The fraction of sp³-hybridized carbons (Fsp3) is 0.464. The lowest BCUT2D eigenvalue weighted by Crippen LogP contribution is -2.64. The zero-order valence-electron chi connectivity index (χ0n) is 49.2. The third kappa shape index (κ3) is 14.8. The number of benzene rings is 6. The van der Waals surface area contributed by atoms with Crippen molar-refractivity contribution in [2.24, 2.45) is 17.8 Å². The summed E-state index contributed by atoms with van der Waals surface area (Å²) in [6.45, 7) is 11.9. The van der Waals surface area contributed by atoms with Gasteiger partial charge >= 0.3 is 0 Å². The SMILES string of the molecule is CC(=N)O[C@@H]1OC(C)[C@H](O[C@@H]2OC[C@@H](C)C(O[C@@]34COCC3(COCc3ccccc3)O[C@@H](c3ccccc3)O4)[C@H]2OCc2ccccc2)C(O[C@@H]2OC(COCc3ccccc3)[C@@H](OCc3ccccc3)C(OCc3ccccc3)[C@H]2C)[C@@H]1C. The molecule has 5 aliphatic rings. The minimum absolute atomic E-state index is 0.00347. The van der Waals surface area contributed by atoms with Gasteiger partial charge in [0.15, 0.2) is 30.4 Å². The lowest BCUT2D eigenvalue weighted by atomic mass is 9.89. The molecular weight excluding hydrogens is 1080 g/mol. The molecule has 0 spiro atoms. The van der Waals surface area contributed by atoms with Crippen LogP contribution < -0.4 is 0 Å². The van der Waals surface area contributed by atoms with E-state index >= 15 is 0 Å². The largest absolute Gasteiger partial charge is 0.452 e. The highest BCUT2D eigenvalue weighted by molar-refractivity contribution is 5.69. The Bertz CT molecular complexity index is 2960. The molecule has 5 fully saturated rings. The first-order valence-corrected chi connectivity index (χ1v) is 29.8. The Labute approximate surface area is 499 Å². The van der Waals surface area contributed by atoms with Gasteiger partial charge in [0.25, 0.3) is 0 Å². The number of hydrogen-bond acceptors (Lipinski definition) is 16. The third-order valence-corrected chi connectivity index (χ3v) is 16.6. The zero-order chi connectivity index (χ0) is 58.6. The van der Waals surface area contributed by atoms with Gasteiger partial charge in [-0.1, -0.05) is 203 Å². The van der Waals surface area contributed by atoms with Crippen LogP contribution in [0.1, 0.15) is 74.3 Å². The van der Waals surface area contributed by atoms with Crippen LogP contribution >= 0.6 is 0 Å². The highest BCUT2D eigenvalue weighted by atomic mass is 16.9. The molecular formula is C69H81NO15. The Balaban J connectivity index is 0.907. The van der Waals surface area contributed by atoms with Gasteiger partial charge in [0.05, 0.1) is 83.9 Å². The summed E-state index contributed by atoms with van der Waals surface area (Å²) in [5, 5.41) is 8.46. The molecule has 452 valence electrons. The maximum Gasteiger partial charge on any atom is 0.229 e. The van der Waals surface area contributed by atoms with Crippen molar-refractivity contribution in [2.45, 2.75) is 153 Å². The maximum atomic E-state index is 8.46. The summed E-state index contributed by atoms with van der Waals surface area (Å²) in [7, 11) is 0. The van der Waals surface area contributed by atoms with Crippen molar-refractivity contribution < 1.29 is 71.1 Å². The van der Waals surface area contributed by atoms with Crippen LogP contribution in [0.15, 0.2) is 182 Å². The van der Waals surface area contributed by atoms with Crippen LogP contribution in [-0.2, 0) is 104 Å². The van der Waals surface area contributed by atoms with E-state index < -0.39 is 97.2 Å². The van der Waals surface area contributed by atoms with Crippen LogP contribution in [-0.4, -0.2) is 118 Å². The van der Waals surface area contributed by atoms with E-state index in [9.17, 15) is 0 Å². The number of rotatable bonds is 25. The summed E-state index contributed by atoms with van der Waals surface area (Å²) in [5.74, 6) is -2.64. The van der Waals surface area contributed by atoms with Gasteiger partial charge in [-0.25, -0.2) is 0 Å². The summed E-state index contributed by atoms with van der Waals surface area (Å²) in [5.41, 5.74) is 4.66. The molecule has 5 aliphatic heterocycles. The lowest BCUT2D eigenvalue weighted by molar-refractivity contribution is -0.376. The van der Waals surface area contributed by atoms with E-state index in [2.05, 4.69) is 13.8 Å². The number of ether oxygens (including phenoxy) is 15. The maximum absolute atomic E-state index is 8.46. The molecule has 0 saturated carbocycles. The van der Waals surface area contributed by atoms with Crippen LogP contribution in [0, 0.1) is 23.2 Å². The average molecular weight is 1160 g/mol. The van der Waals surface area contributed by atoms with E-state index in [0.29, 0.717) is 26.4 Å². The first-order chi connectivity index (χ1) is 41.5. The second kappa shape index (κ2) is 28.8. The van der Waals surface area contributed by atoms with E-state index in [1.54, 1.807) is 6.92 Å². The van der Waals surface area contributed by atoms with Crippen molar-refractivity contribution in [1.29, 1.82) is 5.41 Å². The minimum atomic E-state index is -1.45. The average Bonchev–Trinajstić information content (AvgIpc) is 2.53. The van der Waals surface area contributed by atoms with Crippen molar-refractivity contribution in [3.8, 4) is 0 Å². The molecule has 0 radical (unpaired) electrons. The summed E-state index contributed by atoms with van der Waals surface area (Å²) < 4.78 is 103. The van der Waals surface area contributed by atoms with Gasteiger partial charge in [-0.05, 0) is 34.7 Å². The molecule has 5 saturated heterocycles. The quantitative estimate of drug-likeness (QED) is 0.0425. The topological polar surface area (TPSA) is 162 Å². The highest BCUT2D eigenvalue weighted by Gasteiger charge is 2.69. The predicted molar refractivity (Wildman–Crippen MR) is 314 cm³/mol.